The van der Waals surface area contributed by atoms with E-state index in [1.54, 1.807) is 0 Å². The van der Waals surface area contributed by atoms with Gasteiger partial charge in [-0.25, -0.2) is 0 Å². The summed E-state index contributed by atoms with van der Waals surface area (Å²) in [5.41, 5.74) is 6.20. The zero-order valence-corrected chi connectivity index (χ0v) is 17.2. The fourth-order valence-corrected chi connectivity index (χ4v) is 4.19. The minimum atomic E-state index is -0.257. The van der Waals surface area contributed by atoms with Crippen LogP contribution in [0.4, 0.5) is 11.4 Å². The Hall–Kier alpha value is -2.88. The van der Waals surface area contributed by atoms with E-state index >= 15 is 0 Å². The van der Waals surface area contributed by atoms with E-state index in [1.165, 1.54) is 28.8 Å². The van der Waals surface area contributed by atoms with E-state index < -0.39 is 0 Å². The van der Waals surface area contributed by atoms with Crippen LogP contribution < -0.4 is 4.90 Å². The van der Waals surface area contributed by atoms with E-state index in [4.69, 9.17) is 4.74 Å². The largest absolute Gasteiger partial charge is 0.435 e. The lowest BCUT2D eigenvalue weighted by atomic mass is 9.79. The molecular weight excluding hydrogens is 348 g/mol. The van der Waals surface area contributed by atoms with Crippen LogP contribution in [0.15, 0.2) is 61.4 Å². The van der Waals surface area contributed by atoms with Gasteiger partial charge in [0.15, 0.2) is 5.71 Å². The first-order chi connectivity index (χ1) is 13.4. The van der Waals surface area contributed by atoms with Gasteiger partial charge in [-0.05, 0) is 45.0 Å². The van der Waals surface area contributed by atoms with Crippen LogP contribution in [-0.4, -0.2) is 36.4 Å². The summed E-state index contributed by atoms with van der Waals surface area (Å²) in [4.78, 5) is 13.8. The van der Waals surface area contributed by atoms with E-state index in [9.17, 15) is 4.79 Å². The first kappa shape index (κ1) is 19.9. The van der Waals surface area contributed by atoms with Crippen LogP contribution in [0, 0.1) is 0 Å². The van der Waals surface area contributed by atoms with Gasteiger partial charge in [0.25, 0.3) is 0 Å². The number of rotatable bonds is 7. The zero-order valence-electron chi connectivity index (χ0n) is 17.2. The highest BCUT2D eigenvalue weighted by atomic mass is 16.5. The molecule has 0 amide bonds. The summed E-state index contributed by atoms with van der Waals surface area (Å²) in [6, 6.07) is 17.2. The van der Waals surface area contributed by atoms with Gasteiger partial charge >= 0.3 is 5.97 Å². The SMILES string of the molecule is C=COC(=O)CCN(CC)c1ccc(C2=[N+](C)c3ccccc3C2(C)C)cc1. The Labute approximate surface area is 167 Å². The second-order valence-corrected chi connectivity index (χ2v) is 7.58. The van der Waals surface area contributed by atoms with Gasteiger partial charge in [0.05, 0.1) is 18.1 Å². The van der Waals surface area contributed by atoms with Gasteiger partial charge in [-0.2, -0.15) is 4.58 Å². The highest BCUT2D eigenvalue weighted by molar-refractivity contribution is 6.07. The molecule has 2 aromatic rings. The van der Waals surface area contributed by atoms with Crippen molar-refractivity contribution in [1.29, 1.82) is 0 Å². The molecule has 4 nitrogen and oxygen atoms in total. The molecule has 0 unspecified atom stereocenters. The van der Waals surface area contributed by atoms with Crippen molar-refractivity contribution in [2.24, 2.45) is 0 Å². The molecule has 0 N–H and O–H groups in total. The van der Waals surface area contributed by atoms with Crippen molar-refractivity contribution < 1.29 is 14.1 Å². The molecule has 2 aromatic carbocycles. The first-order valence-electron chi connectivity index (χ1n) is 9.76. The lowest BCUT2D eigenvalue weighted by Gasteiger charge is -2.23. The number of para-hydroxylation sites is 1. The van der Waals surface area contributed by atoms with Crippen molar-refractivity contribution in [3.63, 3.8) is 0 Å². The Kier molecular flexibility index (Phi) is 5.68. The van der Waals surface area contributed by atoms with Crippen LogP contribution in [0.2, 0.25) is 0 Å². The van der Waals surface area contributed by atoms with Crippen molar-refractivity contribution in [3.05, 3.63) is 72.5 Å². The summed E-state index contributed by atoms with van der Waals surface area (Å²) in [6.07, 6.45) is 1.52. The topological polar surface area (TPSA) is 32.5 Å². The predicted octanol–water partition coefficient (Wildman–Crippen LogP) is 4.64. The van der Waals surface area contributed by atoms with Crippen LogP contribution in [0.3, 0.4) is 0 Å². The molecule has 0 aromatic heterocycles. The molecule has 4 heteroatoms. The Morgan fingerprint density at radius 2 is 1.86 bits per heavy atom. The Morgan fingerprint density at radius 3 is 2.46 bits per heavy atom. The summed E-state index contributed by atoms with van der Waals surface area (Å²) in [5.74, 6) is -0.257. The smallest absolute Gasteiger partial charge is 0.312 e. The standard InChI is InChI=1S/C24H29N2O2/c1-6-26(17-16-22(27)28-7-2)19-14-12-18(13-15-19)23-24(3,4)20-10-8-9-11-21(20)25(23)5/h7-15H,2,6,16-17H2,1,3-5H3/q+1. The van der Waals surface area contributed by atoms with E-state index in [0.29, 0.717) is 13.0 Å². The molecule has 1 heterocycles. The van der Waals surface area contributed by atoms with Crippen molar-refractivity contribution in [2.75, 3.05) is 25.0 Å². The van der Waals surface area contributed by atoms with Gasteiger partial charge in [0, 0.05) is 36.0 Å². The molecule has 0 radical (unpaired) electrons. The second kappa shape index (κ2) is 8.01. The number of ether oxygens (including phenoxy) is 1. The molecule has 0 saturated heterocycles. The van der Waals surface area contributed by atoms with Crippen molar-refractivity contribution in [2.45, 2.75) is 32.6 Å². The Bertz CT molecular complexity index is 910. The minimum absolute atomic E-state index is 0.0499. The van der Waals surface area contributed by atoms with Crippen molar-refractivity contribution >= 4 is 23.1 Å². The third kappa shape index (κ3) is 3.59. The molecule has 1 aliphatic rings. The highest BCUT2D eigenvalue weighted by Crippen LogP contribution is 2.40. The van der Waals surface area contributed by atoms with Crippen molar-refractivity contribution in [1.82, 2.24) is 0 Å². The third-order valence-corrected chi connectivity index (χ3v) is 5.55. The Morgan fingerprint density at radius 1 is 1.18 bits per heavy atom. The molecule has 0 spiro atoms. The molecule has 28 heavy (non-hydrogen) atoms. The van der Waals surface area contributed by atoms with Crippen LogP contribution in [0.1, 0.15) is 38.3 Å². The van der Waals surface area contributed by atoms with Crippen LogP contribution in [0.25, 0.3) is 0 Å². The number of nitrogens with zero attached hydrogens (tertiary/aromatic N) is 2. The quantitative estimate of drug-likeness (QED) is 0.400. The van der Waals surface area contributed by atoms with Gasteiger partial charge in [-0.3, -0.25) is 4.79 Å². The second-order valence-electron chi connectivity index (χ2n) is 7.58. The predicted molar refractivity (Wildman–Crippen MR) is 115 cm³/mol. The monoisotopic (exact) mass is 377 g/mol. The summed E-state index contributed by atoms with van der Waals surface area (Å²) >= 11 is 0. The molecule has 0 aliphatic carbocycles. The van der Waals surface area contributed by atoms with Gasteiger partial charge in [-0.15, -0.1) is 0 Å². The van der Waals surface area contributed by atoms with Gasteiger partial charge < -0.3 is 9.64 Å². The average molecular weight is 378 g/mol. The number of carbonyl (C=O) groups excluding carboxylic acids is 1. The molecular formula is C24H29N2O2+. The lowest BCUT2D eigenvalue weighted by molar-refractivity contribution is -0.401. The molecule has 3 rings (SSSR count). The zero-order chi connectivity index (χ0) is 20.3. The lowest BCUT2D eigenvalue weighted by Crippen LogP contribution is -2.30. The number of carbonyl (C=O) groups is 1. The summed E-state index contributed by atoms with van der Waals surface area (Å²) in [6.45, 7) is 11.5. The fourth-order valence-electron chi connectivity index (χ4n) is 4.19. The van der Waals surface area contributed by atoms with E-state index in [1.807, 2.05) is 0 Å². The molecule has 0 saturated carbocycles. The van der Waals surface area contributed by atoms with Crippen molar-refractivity contribution in [3.8, 4) is 0 Å². The summed E-state index contributed by atoms with van der Waals surface area (Å²) < 4.78 is 7.11. The number of hydrogen-bond acceptors (Lipinski definition) is 3. The molecule has 0 fully saturated rings. The maximum atomic E-state index is 11.6. The fraction of sp³-hybridized carbons (Fsp3) is 0.333. The van der Waals surface area contributed by atoms with E-state index in [0.717, 1.165) is 12.2 Å². The van der Waals surface area contributed by atoms with Gasteiger partial charge in [0.2, 0.25) is 5.69 Å². The molecule has 146 valence electrons. The van der Waals surface area contributed by atoms with Crippen LogP contribution in [0.5, 0.6) is 0 Å². The Balaban J connectivity index is 1.84. The van der Waals surface area contributed by atoms with E-state index in [2.05, 4.69) is 92.4 Å². The van der Waals surface area contributed by atoms with Gasteiger partial charge in [-0.1, -0.05) is 24.8 Å². The number of fused-ring (bicyclic) bond motifs is 1. The number of esters is 1. The summed E-state index contributed by atoms with van der Waals surface area (Å²) in [7, 11) is 2.14. The maximum Gasteiger partial charge on any atom is 0.312 e. The highest BCUT2D eigenvalue weighted by Gasteiger charge is 2.44. The normalized spacial score (nSPS) is 14.6. The number of anilines is 1. The molecule has 0 atom stereocenters. The molecule has 1 aliphatic heterocycles. The molecule has 0 bridgehead atoms. The van der Waals surface area contributed by atoms with Crippen LogP contribution in [-0.2, 0) is 14.9 Å². The minimum Gasteiger partial charge on any atom is -0.435 e. The third-order valence-electron chi connectivity index (χ3n) is 5.55. The maximum absolute atomic E-state index is 11.6. The van der Waals surface area contributed by atoms with E-state index in [-0.39, 0.29) is 11.4 Å². The summed E-state index contributed by atoms with van der Waals surface area (Å²) in [5, 5.41) is 0. The average Bonchev–Trinajstić information content (AvgIpc) is 2.89. The number of benzene rings is 2. The van der Waals surface area contributed by atoms with Gasteiger partial charge in [0.1, 0.15) is 7.05 Å². The first-order valence-corrected chi connectivity index (χ1v) is 9.76. The van der Waals surface area contributed by atoms with Crippen LogP contribution >= 0.6 is 0 Å². The number of hydrogen-bond donors (Lipinski definition) is 0.